The molecule has 0 spiro atoms. The number of carbonyl (C=O) groups excluding carboxylic acids is 2. The van der Waals surface area contributed by atoms with Gasteiger partial charge >= 0.3 is 6.09 Å². The first-order valence-electron chi connectivity index (χ1n) is 8.78. The number of nitrogens with zero attached hydrogens (tertiary/aromatic N) is 5. The highest BCUT2D eigenvalue weighted by Gasteiger charge is 2.25. The number of halogens is 1. The van der Waals surface area contributed by atoms with Crippen LogP contribution in [0.5, 0.6) is 0 Å². The number of aromatic nitrogens is 3. The quantitative estimate of drug-likeness (QED) is 0.585. The Morgan fingerprint density at radius 3 is 2.61 bits per heavy atom. The Kier molecular flexibility index (Phi) is 6.34. The molecule has 1 aromatic heterocycles. The van der Waals surface area contributed by atoms with Gasteiger partial charge < -0.3 is 20.4 Å². The predicted molar refractivity (Wildman–Crippen MR) is 101 cm³/mol. The SMILES string of the molecule is CCOC(=O)N1CCN(C(=O)CSc2nnc(-c3cccc(F)c3)n2N)CC1. The average molecular weight is 408 g/mol. The summed E-state index contributed by atoms with van der Waals surface area (Å²) in [6, 6.07) is 5.89. The van der Waals surface area contributed by atoms with Crippen LogP contribution in [0, 0.1) is 5.82 Å². The highest BCUT2D eigenvalue weighted by atomic mass is 32.2. The lowest BCUT2D eigenvalue weighted by Gasteiger charge is -2.34. The van der Waals surface area contributed by atoms with Crippen molar-refractivity contribution in [1.82, 2.24) is 24.7 Å². The zero-order chi connectivity index (χ0) is 20.1. The van der Waals surface area contributed by atoms with Crippen LogP contribution < -0.4 is 5.84 Å². The molecule has 1 aliphatic rings. The van der Waals surface area contributed by atoms with Crippen LogP contribution in [0.4, 0.5) is 9.18 Å². The van der Waals surface area contributed by atoms with Crippen molar-refractivity contribution in [2.24, 2.45) is 0 Å². The second kappa shape index (κ2) is 8.91. The van der Waals surface area contributed by atoms with Gasteiger partial charge in [-0.05, 0) is 19.1 Å². The largest absolute Gasteiger partial charge is 0.450 e. The van der Waals surface area contributed by atoms with E-state index in [1.165, 1.54) is 16.8 Å². The van der Waals surface area contributed by atoms with Crippen molar-refractivity contribution in [2.75, 3.05) is 44.4 Å². The molecule has 0 aliphatic carbocycles. The summed E-state index contributed by atoms with van der Waals surface area (Å²) < 4.78 is 19.6. The highest BCUT2D eigenvalue weighted by molar-refractivity contribution is 7.99. The molecular formula is C17H21FN6O3S. The van der Waals surface area contributed by atoms with E-state index in [0.717, 1.165) is 11.8 Å². The molecule has 1 saturated heterocycles. The lowest BCUT2D eigenvalue weighted by Crippen LogP contribution is -2.51. The minimum Gasteiger partial charge on any atom is -0.450 e. The number of rotatable bonds is 5. The number of hydrogen-bond donors (Lipinski definition) is 1. The molecular weight excluding hydrogens is 387 g/mol. The minimum atomic E-state index is -0.396. The highest BCUT2D eigenvalue weighted by Crippen LogP contribution is 2.22. The normalized spacial score (nSPS) is 14.2. The summed E-state index contributed by atoms with van der Waals surface area (Å²) >= 11 is 1.16. The van der Waals surface area contributed by atoms with Crippen LogP contribution in [0.25, 0.3) is 11.4 Å². The van der Waals surface area contributed by atoms with Gasteiger partial charge in [-0.3, -0.25) is 4.79 Å². The van der Waals surface area contributed by atoms with Gasteiger partial charge in [-0.15, -0.1) is 10.2 Å². The van der Waals surface area contributed by atoms with Gasteiger partial charge in [0.1, 0.15) is 5.82 Å². The number of thioether (sulfide) groups is 1. The maximum atomic E-state index is 13.4. The van der Waals surface area contributed by atoms with Crippen molar-refractivity contribution in [2.45, 2.75) is 12.1 Å². The second-order valence-corrected chi connectivity index (χ2v) is 6.98. The van der Waals surface area contributed by atoms with E-state index < -0.39 is 5.82 Å². The lowest BCUT2D eigenvalue weighted by molar-refractivity contribution is -0.129. The van der Waals surface area contributed by atoms with Crippen LogP contribution in [0.1, 0.15) is 6.92 Å². The summed E-state index contributed by atoms with van der Waals surface area (Å²) in [4.78, 5) is 27.4. The fourth-order valence-electron chi connectivity index (χ4n) is 2.77. The van der Waals surface area contributed by atoms with E-state index >= 15 is 0 Å². The molecule has 0 unspecified atom stereocenters. The van der Waals surface area contributed by atoms with Crippen LogP contribution >= 0.6 is 11.8 Å². The molecule has 1 aromatic carbocycles. The van der Waals surface area contributed by atoms with Crippen molar-refractivity contribution >= 4 is 23.8 Å². The molecule has 150 valence electrons. The molecule has 1 fully saturated rings. The first-order chi connectivity index (χ1) is 13.5. The lowest BCUT2D eigenvalue weighted by atomic mass is 10.2. The third-order valence-corrected chi connectivity index (χ3v) is 5.16. The summed E-state index contributed by atoms with van der Waals surface area (Å²) in [5.41, 5.74) is 0.503. The summed E-state index contributed by atoms with van der Waals surface area (Å²) in [5, 5.41) is 8.32. The zero-order valence-corrected chi connectivity index (χ0v) is 16.2. The van der Waals surface area contributed by atoms with Crippen molar-refractivity contribution in [3.8, 4) is 11.4 Å². The number of hydrogen-bond acceptors (Lipinski definition) is 7. The van der Waals surface area contributed by atoms with E-state index in [-0.39, 0.29) is 17.8 Å². The van der Waals surface area contributed by atoms with Crippen molar-refractivity contribution < 1.29 is 18.7 Å². The smallest absolute Gasteiger partial charge is 0.409 e. The van der Waals surface area contributed by atoms with Gasteiger partial charge in [0, 0.05) is 31.7 Å². The molecule has 2 aromatic rings. The second-order valence-electron chi connectivity index (χ2n) is 6.04. The Morgan fingerprint density at radius 1 is 1.21 bits per heavy atom. The standard InChI is InChI=1S/C17H21FN6O3S/c1-2-27-17(26)23-8-6-22(7-9-23)14(25)11-28-16-21-20-15(24(16)19)12-4-3-5-13(18)10-12/h3-5,10H,2,6-9,11,19H2,1H3. The van der Waals surface area contributed by atoms with E-state index in [2.05, 4.69) is 10.2 Å². The van der Waals surface area contributed by atoms with Gasteiger partial charge in [0.15, 0.2) is 5.82 Å². The third kappa shape index (κ3) is 4.53. The van der Waals surface area contributed by atoms with Crippen LogP contribution in [0.2, 0.25) is 0 Å². The van der Waals surface area contributed by atoms with Gasteiger partial charge in [0.25, 0.3) is 0 Å². The van der Waals surface area contributed by atoms with Gasteiger partial charge in [-0.1, -0.05) is 23.9 Å². The van der Waals surface area contributed by atoms with E-state index in [4.69, 9.17) is 10.6 Å². The van der Waals surface area contributed by atoms with Crippen molar-refractivity contribution in [1.29, 1.82) is 0 Å². The molecule has 2 N–H and O–H groups in total. The van der Waals surface area contributed by atoms with Crippen LogP contribution in [0.15, 0.2) is 29.4 Å². The van der Waals surface area contributed by atoms with Crippen LogP contribution in [0.3, 0.4) is 0 Å². The molecule has 2 heterocycles. The third-order valence-electron chi connectivity index (χ3n) is 4.23. The molecule has 3 rings (SSSR count). The fourth-order valence-corrected chi connectivity index (χ4v) is 3.53. The van der Waals surface area contributed by atoms with Gasteiger partial charge in [0.05, 0.1) is 12.4 Å². The molecule has 28 heavy (non-hydrogen) atoms. The Labute approximate surface area is 165 Å². The molecule has 9 nitrogen and oxygen atoms in total. The summed E-state index contributed by atoms with van der Waals surface area (Å²) in [5.74, 6) is 5.97. The summed E-state index contributed by atoms with van der Waals surface area (Å²) in [7, 11) is 0. The Hall–Kier alpha value is -2.82. The van der Waals surface area contributed by atoms with E-state index in [1.807, 2.05) is 0 Å². The van der Waals surface area contributed by atoms with Gasteiger partial charge in [-0.2, -0.15) is 0 Å². The number of nitrogen functional groups attached to an aromatic ring is 1. The molecule has 0 saturated carbocycles. The van der Waals surface area contributed by atoms with Crippen LogP contribution in [-0.2, 0) is 9.53 Å². The first kappa shape index (κ1) is 19.9. The first-order valence-corrected chi connectivity index (χ1v) is 9.77. The Bertz CT molecular complexity index is 853. The number of carbonyl (C=O) groups is 2. The molecule has 2 amide bonds. The number of amides is 2. The topological polar surface area (TPSA) is 107 Å². The van der Waals surface area contributed by atoms with Crippen molar-refractivity contribution in [3.63, 3.8) is 0 Å². The predicted octanol–water partition coefficient (Wildman–Crippen LogP) is 1.19. The number of ether oxygens (including phenoxy) is 1. The van der Waals surface area contributed by atoms with Gasteiger partial charge in [0.2, 0.25) is 11.1 Å². The average Bonchev–Trinajstić information content (AvgIpc) is 3.07. The monoisotopic (exact) mass is 408 g/mol. The molecule has 0 radical (unpaired) electrons. The fraction of sp³-hybridized carbons (Fsp3) is 0.412. The van der Waals surface area contributed by atoms with E-state index in [9.17, 15) is 14.0 Å². The number of nitrogens with two attached hydrogens (primary N) is 1. The van der Waals surface area contributed by atoms with Gasteiger partial charge in [-0.25, -0.2) is 13.9 Å². The summed E-state index contributed by atoms with van der Waals surface area (Å²) in [6.45, 7) is 3.85. The van der Waals surface area contributed by atoms with E-state index in [1.54, 1.807) is 28.9 Å². The maximum Gasteiger partial charge on any atom is 0.409 e. The van der Waals surface area contributed by atoms with Crippen LogP contribution in [-0.4, -0.2) is 75.2 Å². The Balaban J connectivity index is 1.54. The molecule has 11 heteroatoms. The maximum absolute atomic E-state index is 13.4. The zero-order valence-electron chi connectivity index (χ0n) is 15.4. The van der Waals surface area contributed by atoms with E-state index in [0.29, 0.717) is 49.3 Å². The molecule has 0 atom stereocenters. The summed E-state index contributed by atoms with van der Waals surface area (Å²) in [6.07, 6.45) is -0.356. The number of piperazine rings is 1. The minimum absolute atomic E-state index is 0.0798. The Morgan fingerprint density at radius 2 is 1.93 bits per heavy atom. The van der Waals surface area contributed by atoms with Crippen molar-refractivity contribution in [3.05, 3.63) is 30.1 Å². The molecule has 1 aliphatic heterocycles. The molecule has 0 bridgehead atoms. The number of benzene rings is 1.